The standard InChI is InChI=1S/C27H35FN6O4/c1-27(2,3)23(25(36)37-4)32-24(35)22-20-15-19(38-14-6-5-13-31-26(29)30)11-12-21(20)34(33-22)16-17-7-9-18(28)10-8-17/h7-12,15,23H,5-6,13-14,16H2,1-4H3,(H,32,35)(H4,29,30,31)/t23-/m1/s1. The number of nitrogens with two attached hydrogens (primary N) is 2. The smallest absolute Gasteiger partial charge is 0.328 e. The quantitative estimate of drug-likeness (QED) is 0.151. The van der Waals surface area contributed by atoms with Crippen LogP contribution in [-0.2, 0) is 16.1 Å². The summed E-state index contributed by atoms with van der Waals surface area (Å²) in [7, 11) is 1.28. The molecular formula is C27H35FN6O4. The number of carbonyl (C=O) groups excluding carboxylic acids is 2. The number of methoxy groups -OCH3 is 1. The fraction of sp³-hybridized carbons (Fsp3) is 0.407. The number of guanidine groups is 1. The average Bonchev–Trinajstić information content (AvgIpc) is 3.22. The van der Waals surface area contributed by atoms with E-state index in [1.165, 1.54) is 19.2 Å². The first-order valence-corrected chi connectivity index (χ1v) is 12.3. The van der Waals surface area contributed by atoms with Crippen LogP contribution in [0.25, 0.3) is 10.9 Å². The Morgan fingerprint density at radius 1 is 1.13 bits per heavy atom. The molecule has 1 atom stereocenters. The van der Waals surface area contributed by atoms with E-state index >= 15 is 0 Å². The van der Waals surface area contributed by atoms with Crippen molar-refractivity contribution in [3.05, 3.63) is 59.5 Å². The van der Waals surface area contributed by atoms with Crippen LogP contribution in [-0.4, -0.2) is 53.9 Å². The van der Waals surface area contributed by atoms with Crippen molar-refractivity contribution in [2.45, 2.75) is 46.2 Å². The number of ether oxygens (including phenoxy) is 2. The first kappa shape index (κ1) is 28.4. The van der Waals surface area contributed by atoms with E-state index in [4.69, 9.17) is 20.9 Å². The molecule has 0 saturated heterocycles. The summed E-state index contributed by atoms with van der Waals surface area (Å²) >= 11 is 0. The van der Waals surface area contributed by atoms with Gasteiger partial charge in [0.2, 0.25) is 0 Å². The molecule has 1 heterocycles. The van der Waals surface area contributed by atoms with Gasteiger partial charge in [0.15, 0.2) is 11.7 Å². The van der Waals surface area contributed by atoms with Crippen LogP contribution >= 0.6 is 0 Å². The molecule has 3 aromatic rings. The Balaban J connectivity index is 1.90. The Morgan fingerprint density at radius 2 is 1.84 bits per heavy atom. The molecule has 11 heteroatoms. The molecule has 10 nitrogen and oxygen atoms in total. The zero-order valence-electron chi connectivity index (χ0n) is 22.2. The summed E-state index contributed by atoms with van der Waals surface area (Å²) in [5, 5.41) is 7.91. The summed E-state index contributed by atoms with van der Waals surface area (Å²) in [6.45, 7) is 6.76. The number of esters is 1. The van der Waals surface area contributed by atoms with E-state index in [9.17, 15) is 14.0 Å². The van der Waals surface area contributed by atoms with Crippen LogP contribution in [0.5, 0.6) is 5.75 Å². The van der Waals surface area contributed by atoms with Crippen molar-refractivity contribution in [1.29, 1.82) is 0 Å². The third-order valence-corrected chi connectivity index (χ3v) is 5.88. The van der Waals surface area contributed by atoms with Gasteiger partial charge in [-0.3, -0.25) is 14.5 Å². The highest BCUT2D eigenvalue weighted by atomic mass is 19.1. The highest BCUT2D eigenvalue weighted by molar-refractivity contribution is 6.06. The number of hydrogen-bond donors (Lipinski definition) is 3. The monoisotopic (exact) mass is 526 g/mol. The number of aromatic nitrogens is 2. The summed E-state index contributed by atoms with van der Waals surface area (Å²) < 4.78 is 25.9. The largest absolute Gasteiger partial charge is 0.494 e. The van der Waals surface area contributed by atoms with Gasteiger partial charge in [-0.25, -0.2) is 9.18 Å². The van der Waals surface area contributed by atoms with E-state index in [-0.39, 0.29) is 17.5 Å². The molecular weight excluding hydrogens is 491 g/mol. The molecule has 0 spiro atoms. The molecule has 38 heavy (non-hydrogen) atoms. The van der Waals surface area contributed by atoms with Gasteiger partial charge in [-0.05, 0) is 54.2 Å². The number of aliphatic imine (C=N–C) groups is 1. The van der Waals surface area contributed by atoms with Crippen LogP contribution in [0.1, 0.15) is 49.7 Å². The van der Waals surface area contributed by atoms with Crippen molar-refractivity contribution in [3.8, 4) is 5.75 Å². The Labute approximate surface area is 221 Å². The van der Waals surface area contributed by atoms with Crippen molar-refractivity contribution < 1.29 is 23.5 Å². The van der Waals surface area contributed by atoms with Gasteiger partial charge in [-0.15, -0.1) is 0 Å². The van der Waals surface area contributed by atoms with E-state index in [0.29, 0.717) is 36.3 Å². The lowest BCUT2D eigenvalue weighted by molar-refractivity contribution is -0.145. The van der Waals surface area contributed by atoms with Gasteiger partial charge in [-0.2, -0.15) is 5.10 Å². The van der Waals surface area contributed by atoms with E-state index in [0.717, 1.165) is 18.4 Å². The Morgan fingerprint density at radius 3 is 2.47 bits per heavy atom. The normalized spacial score (nSPS) is 12.1. The lowest BCUT2D eigenvalue weighted by atomic mass is 9.86. The van der Waals surface area contributed by atoms with Gasteiger partial charge >= 0.3 is 5.97 Å². The molecule has 0 aliphatic heterocycles. The molecule has 3 rings (SSSR count). The predicted molar refractivity (Wildman–Crippen MR) is 143 cm³/mol. The van der Waals surface area contributed by atoms with Crippen LogP contribution in [0.3, 0.4) is 0 Å². The number of nitrogens with zero attached hydrogens (tertiary/aromatic N) is 3. The van der Waals surface area contributed by atoms with E-state index in [1.807, 2.05) is 26.8 Å². The van der Waals surface area contributed by atoms with E-state index < -0.39 is 23.3 Å². The first-order valence-electron chi connectivity index (χ1n) is 12.3. The molecule has 0 aliphatic carbocycles. The maximum Gasteiger partial charge on any atom is 0.328 e. The zero-order valence-corrected chi connectivity index (χ0v) is 22.2. The van der Waals surface area contributed by atoms with Gasteiger partial charge in [0.1, 0.15) is 17.6 Å². The SMILES string of the molecule is COC(=O)[C@@H](NC(=O)c1nn(Cc2ccc(F)cc2)c2ccc(OCCCCN=C(N)N)cc12)C(C)(C)C. The predicted octanol–water partition coefficient (Wildman–Crippen LogP) is 2.97. The topological polar surface area (TPSA) is 147 Å². The molecule has 0 saturated carbocycles. The second-order valence-electron chi connectivity index (χ2n) is 9.97. The number of halogens is 1. The van der Waals surface area contributed by atoms with Crippen molar-refractivity contribution in [2.24, 2.45) is 21.9 Å². The maximum absolute atomic E-state index is 13.4. The second kappa shape index (κ2) is 12.4. The summed E-state index contributed by atoms with van der Waals surface area (Å²) in [5.41, 5.74) is 11.7. The van der Waals surface area contributed by atoms with E-state index in [1.54, 1.807) is 28.9 Å². The van der Waals surface area contributed by atoms with Crippen LogP contribution in [0.15, 0.2) is 47.5 Å². The highest BCUT2D eigenvalue weighted by Gasteiger charge is 2.35. The number of amides is 1. The van der Waals surface area contributed by atoms with Crippen molar-refractivity contribution in [1.82, 2.24) is 15.1 Å². The number of rotatable bonds is 11. The molecule has 0 aliphatic rings. The average molecular weight is 527 g/mol. The number of hydrogen-bond acceptors (Lipinski definition) is 6. The van der Waals surface area contributed by atoms with Crippen LogP contribution in [0.4, 0.5) is 4.39 Å². The lowest BCUT2D eigenvalue weighted by Crippen LogP contribution is -2.49. The van der Waals surface area contributed by atoms with Crippen LogP contribution < -0.4 is 21.5 Å². The van der Waals surface area contributed by atoms with Gasteiger partial charge in [0, 0.05) is 11.9 Å². The number of unbranched alkanes of at least 4 members (excludes halogenated alkanes) is 1. The first-order chi connectivity index (χ1) is 18.0. The minimum absolute atomic E-state index is 0.0562. The summed E-state index contributed by atoms with van der Waals surface area (Å²) in [5.74, 6) is -0.788. The third kappa shape index (κ3) is 7.44. The molecule has 1 aromatic heterocycles. The Bertz CT molecular complexity index is 1290. The molecule has 204 valence electrons. The second-order valence-corrected chi connectivity index (χ2v) is 9.97. The summed E-state index contributed by atoms with van der Waals surface area (Å²) in [6, 6.07) is 10.6. The number of carbonyl (C=O) groups is 2. The fourth-order valence-corrected chi connectivity index (χ4v) is 3.86. The number of fused-ring (bicyclic) bond motifs is 1. The fourth-order valence-electron chi connectivity index (χ4n) is 3.86. The van der Waals surface area contributed by atoms with Gasteiger partial charge < -0.3 is 26.3 Å². The van der Waals surface area contributed by atoms with Gasteiger partial charge in [0.25, 0.3) is 5.91 Å². The Hall–Kier alpha value is -4.15. The van der Waals surface area contributed by atoms with Crippen LogP contribution in [0, 0.1) is 11.2 Å². The molecule has 0 radical (unpaired) electrons. The summed E-state index contributed by atoms with van der Waals surface area (Å²) in [6.07, 6.45) is 1.49. The maximum atomic E-state index is 13.4. The highest BCUT2D eigenvalue weighted by Crippen LogP contribution is 2.27. The van der Waals surface area contributed by atoms with Crippen LogP contribution in [0.2, 0.25) is 0 Å². The van der Waals surface area contributed by atoms with Crippen molar-refractivity contribution in [2.75, 3.05) is 20.3 Å². The zero-order chi connectivity index (χ0) is 27.9. The lowest BCUT2D eigenvalue weighted by Gasteiger charge is -2.28. The summed E-state index contributed by atoms with van der Waals surface area (Å²) in [4.78, 5) is 29.8. The van der Waals surface area contributed by atoms with Crippen molar-refractivity contribution >= 4 is 28.7 Å². The minimum Gasteiger partial charge on any atom is -0.494 e. The molecule has 2 aromatic carbocycles. The molecule has 5 N–H and O–H groups in total. The van der Waals surface area contributed by atoms with Crippen molar-refractivity contribution in [3.63, 3.8) is 0 Å². The third-order valence-electron chi connectivity index (χ3n) is 5.88. The minimum atomic E-state index is -0.887. The number of nitrogens with one attached hydrogen (secondary N) is 1. The molecule has 0 bridgehead atoms. The molecule has 0 fully saturated rings. The van der Waals surface area contributed by atoms with Gasteiger partial charge in [0.05, 0.1) is 25.8 Å². The number of benzene rings is 2. The van der Waals surface area contributed by atoms with Gasteiger partial charge in [-0.1, -0.05) is 32.9 Å². The van der Waals surface area contributed by atoms with E-state index in [2.05, 4.69) is 15.4 Å². The molecule has 1 amide bonds. The molecule has 0 unspecified atom stereocenters. The Kier molecular flexibility index (Phi) is 9.27.